The van der Waals surface area contributed by atoms with E-state index in [2.05, 4.69) is 36.4 Å². The lowest BCUT2D eigenvalue weighted by atomic mass is 10.1. The number of aryl methyl sites for hydroxylation is 2. The molecule has 3 rings (SSSR count). The van der Waals surface area contributed by atoms with Gasteiger partial charge >= 0.3 is 0 Å². The number of rotatable bonds is 8. The van der Waals surface area contributed by atoms with Crippen molar-refractivity contribution in [1.82, 2.24) is 4.90 Å². The van der Waals surface area contributed by atoms with Crippen LogP contribution in [0.2, 0.25) is 0 Å². The van der Waals surface area contributed by atoms with Crippen molar-refractivity contribution in [2.24, 2.45) is 0 Å². The first-order chi connectivity index (χ1) is 14.4. The van der Waals surface area contributed by atoms with Crippen molar-refractivity contribution < 1.29 is 14.3 Å². The van der Waals surface area contributed by atoms with Gasteiger partial charge in [-0.15, -0.1) is 6.58 Å². The molecule has 0 radical (unpaired) electrons. The van der Waals surface area contributed by atoms with E-state index in [4.69, 9.17) is 21.7 Å². The Labute approximate surface area is 195 Å². The lowest BCUT2D eigenvalue weighted by molar-refractivity contribution is -0.121. The van der Waals surface area contributed by atoms with Crippen LogP contribution in [-0.4, -0.2) is 34.9 Å². The van der Waals surface area contributed by atoms with Gasteiger partial charge in [0.2, 0.25) is 0 Å². The minimum absolute atomic E-state index is 0.117. The number of hydrogen-bond acceptors (Lipinski definition) is 5. The first-order valence-electron chi connectivity index (χ1n) is 9.37. The molecule has 156 valence electrons. The van der Waals surface area contributed by atoms with Gasteiger partial charge in [-0.05, 0) is 61.4 Å². The number of thiocarbonyl (C=S) groups is 1. The Morgan fingerprint density at radius 2 is 1.90 bits per heavy atom. The van der Waals surface area contributed by atoms with Crippen molar-refractivity contribution in [3.05, 3.63) is 75.1 Å². The predicted octanol–water partition coefficient (Wildman–Crippen LogP) is 5.91. The summed E-state index contributed by atoms with van der Waals surface area (Å²) in [4.78, 5) is 14.7. The molecule has 0 saturated carbocycles. The smallest absolute Gasteiger partial charge is 0.266 e. The van der Waals surface area contributed by atoms with Crippen molar-refractivity contribution in [2.45, 2.75) is 13.8 Å². The van der Waals surface area contributed by atoms with Gasteiger partial charge in [-0.1, -0.05) is 52.1 Å². The third-order valence-corrected chi connectivity index (χ3v) is 6.40. The van der Waals surface area contributed by atoms with Crippen molar-refractivity contribution in [1.29, 1.82) is 0 Å². The second-order valence-corrected chi connectivity index (χ2v) is 9.30. The fraction of sp³-hybridized carbons (Fsp3) is 0.217. The Kier molecular flexibility index (Phi) is 7.75. The largest absolute Gasteiger partial charge is 0.490 e. The fourth-order valence-corrected chi connectivity index (χ4v) is 4.45. The summed E-state index contributed by atoms with van der Waals surface area (Å²) in [5.41, 5.74) is 3.23. The van der Waals surface area contributed by atoms with Gasteiger partial charge in [-0.2, -0.15) is 0 Å². The van der Waals surface area contributed by atoms with Crippen molar-refractivity contribution in [3.8, 4) is 11.5 Å². The SMILES string of the molecule is C=CCN1C(=O)/C(=C/c2cc(Br)ccc2OCCOc2ccc(C)c(C)c2)SC1=S. The molecule has 0 unspecified atom stereocenters. The Hall–Kier alpha value is -2.09. The lowest BCUT2D eigenvalue weighted by Crippen LogP contribution is -2.27. The number of hydrogen-bond donors (Lipinski definition) is 0. The Morgan fingerprint density at radius 1 is 1.13 bits per heavy atom. The van der Waals surface area contributed by atoms with Gasteiger partial charge in [0.25, 0.3) is 5.91 Å². The maximum Gasteiger partial charge on any atom is 0.266 e. The molecule has 0 aromatic heterocycles. The molecule has 1 saturated heterocycles. The van der Waals surface area contributed by atoms with E-state index in [9.17, 15) is 4.79 Å². The second kappa shape index (κ2) is 10.3. The zero-order valence-electron chi connectivity index (χ0n) is 16.8. The molecule has 0 atom stereocenters. The summed E-state index contributed by atoms with van der Waals surface area (Å²) in [6, 6.07) is 11.7. The molecular formula is C23H22BrNO3S2. The van der Waals surface area contributed by atoms with Crippen molar-refractivity contribution in [3.63, 3.8) is 0 Å². The molecule has 1 heterocycles. The number of halogens is 1. The summed E-state index contributed by atoms with van der Waals surface area (Å²) < 4.78 is 13.2. The number of carbonyl (C=O) groups is 1. The van der Waals surface area contributed by atoms with Gasteiger partial charge in [0.15, 0.2) is 0 Å². The number of nitrogens with zero attached hydrogens (tertiary/aromatic N) is 1. The predicted molar refractivity (Wildman–Crippen MR) is 131 cm³/mol. The Bertz CT molecular complexity index is 1020. The van der Waals surface area contributed by atoms with Crippen molar-refractivity contribution in [2.75, 3.05) is 19.8 Å². The average molecular weight is 504 g/mol. The maximum atomic E-state index is 12.6. The molecule has 30 heavy (non-hydrogen) atoms. The monoisotopic (exact) mass is 503 g/mol. The molecular weight excluding hydrogens is 482 g/mol. The number of thioether (sulfide) groups is 1. The Balaban J connectivity index is 1.68. The van der Waals surface area contributed by atoms with Gasteiger partial charge in [-0.3, -0.25) is 9.69 Å². The van der Waals surface area contributed by atoms with Crippen LogP contribution in [0.1, 0.15) is 16.7 Å². The zero-order valence-corrected chi connectivity index (χ0v) is 20.0. The van der Waals surface area contributed by atoms with Gasteiger partial charge in [0.1, 0.15) is 29.0 Å². The highest BCUT2D eigenvalue weighted by molar-refractivity contribution is 9.10. The summed E-state index contributed by atoms with van der Waals surface area (Å²) in [6.07, 6.45) is 3.48. The number of ether oxygens (including phenoxy) is 2. The number of carbonyl (C=O) groups excluding carboxylic acids is 1. The van der Waals surface area contributed by atoms with Gasteiger partial charge in [0, 0.05) is 16.6 Å². The molecule has 0 aliphatic carbocycles. The van der Waals surface area contributed by atoms with E-state index in [1.165, 1.54) is 27.8 Å². The van der Waals surface area contributed by atoms with Gasteiger partial charge < -0.3 is 9.47 Å². The van der Waals surface area contributed by atoms with Crippen LogP contribution in [0.25, 0.3) is 6.08 Å². The molecule has 2 aromatic rings. The van der Waals surface area contributed by atoms with Crippen molar-refractivity contribution >= 4 is 56.2 Å². The minimum Gasteiger partial charge on any atom is -0.490 e. The first kappa shape index (κ1) is 22.6. The molecule has 1 fully saturated rings. The molecule has 0 spiro atoms. The molecule has 7 heteroatoms. The molecule has 0 N–H and O–H groups in total. The molecule has 4 nitrogen and oxygen atoms in total. The summed E-state index contributed by atoms with van der Waals surface area (Å²) in [7, 11) is 0. The highest BCUT2D eigenvalue weighted by Crippen LogP contribution is 2.35. The van der Waals surface area contributed by atoms with Crippen LogP contribution in [0.15, 0.2) is 58.4 Å². The topological polar surface area (TPSA) is 38.8 Å². The molecule has 1 aliphatic heterocycles. The highest BCUT2D eigenvalue weighted by Gasteiger charge is 2.31. The van der Waals surface area contributed by atoms with E-state index in [-0.39, 0.29) is 5.91 Å². The van der Waals surface area contributed by atoms with Crippen LogP contribution in [0.5, 0.6) is 11.5 Å². The molecule has 1 amide bonds. The third-order valence-electron chi connectivity index (χ3n) is 4.53. The zero-order chi connectivity index (χ0) is 21.7. The Morgan fingerprint density at radius 3 is 2.63 bits per heavy atom. The summed E-state index contributed by atoms with van der Waals surface area (Å²) >= 11 is 10.1. The second-order valence-electron chi connectivity index (χ2n) is 6.71. The van der Waals surface area contributed by atoms with E-state index in [1.807, 2.05) is 42.5 Å². The fourth-order valence-electron chi connectivity index (χ4n) is 2.81. The van der Waals surface area contributed by atoms with E-state index in [0.717, 1.165) is 15.8 Å². The summed E-state index contributed by atoms with van der Waals surface area (Å²) in [5, 5.41) is 0. The summed E-state index contributed by atoms with van der Waals surface area (Å²) in [6.45, 7) is 9.01. The number of amides is 1. The van der Waals surface area contributed by atoms with E-state index in [1.54, 1.807) is 6.08 Å². The number of benzene rings is 2. The van der Waals surface area contributed by atoms with Gasteiger partial charge in [0.05, 0.1) is 4.91 Å². The average Bonchev–Trinajstić information content (AvgIpc) is 2.97. The molecule has 1 aliphatic rings. The standard InChI is InChI=1S/C23H22BrNO3S2/c1-4-9-25-22(26)21(30-23(25)29)14-17-13-18(24)6-8-20(17)28-11-10-27-19-7-5-15(2)16(3)12-19/h4-8,12-14H,1,9-11H2,2-3H3/b21-14-. The quantitative estimate of drug-likeness (QED) is 0.193. The van der Waals surface area contributed by atoms with Gasteiger partial charge in [-0.25, -0.2) is 0 Å². The normalized spacial score (nSPS) is 15.0. The first-order valence-corrected chi connectivity index (χ1v) is 11.4. The maximum absolute atomic E-state index is 12.6. The highest BCUT2D eigenvalue weighted by atomic mass is 79.9. The van der Waals surface area contributed by atoms with Crippen LogP contribution < -0.4 is 9.47 Å². The van der Waals surface area contributed by atoms with Crippen LogP contribution in [0.4, 0.5) is 0 Å². The summed E-state index contributed by atoms with van der Waals surface area (Å²) in [5.74, 6) is 1.38. The third kappa shape index (κ3) is 5.53. The van der Waals surface area contributed by atoms with E-state index >= 15 is 0 Å². The molecule has 0 bridgehead atoms. The van der Waals surface area contributed by atoms with Crippen LogP contribution in [-0.2, 0) is 4.79 Å². The lowest BCUT2D eigenvalue weighted by Gasteiger charge is -2.12. The van der Waals surface area contributed by atoms with E-state index < -0.39 is 0 Å². The van der Waals surface area contributed by atoms with Crippen LogP contribution in [0.3, 0.4) is 0 Å². The van der Waals surface area contributed by atoms with E-state index in [0.29, 0.717) is 34.7 Å². The minimum atomic E-state index is -0.117. The van der Waals surface area contributed by atoms with Crippen LogP contribution >= 0.6 is 39.9 Å². The van der Waals surface area contributed by atoms with Crippen LogP contribution in [0, 0.1) is 13.8 Å². The molecule has 2 aromatic carbocycles.